The largest absolute Gasteiger partial charge is 0.346 e. The molecule has 0 amide bonds. The van der Waals surface area contributed by atoms with Crippen molar-refractivity contribution in [2.24, 2.45) is 0 Å². The normalized spacial score (nSPS) is 14.3. The molecule has 1 N–H and O–H groups in total. The Morgan fingerprint density at radius 2 is 1.89 bits per heavy atom. The molecule has 1 saturated carbocycles. The van der Waals surface area contributed by atoms with Crippen LogP contribution in [0.15, 0.2) is 59.7 Å². The summed E-state index contributed by atoms with van der Waals surface area (Å²) >= 11 is 0. The lowest BCUT2D eigenvalue weighted by Crippen LogP contribution is -2.32. The molecule has 0 atom stereocenters. The molecule has 1 aliphatic rings. The summed E-state index contributed by atoms with van der Waals surface area (Å²) in [6.07, 6.45) is 5.24. The first-order valence-electron chi connectivity index (χ1n) is 9.14. The van der Waals surface area contributed by atoms with Gasteiger partial charge in [-0.15, -0.1) is 5.10 Å². The van der Waals surface area contributed by atoms with Crippen LogP contribution in [0.1, 0.15) is 24.4 Å². The van der Waals surface area contributed by atoms with E-state index in [1.54, 1.807) is 47.3 Å². The first-order chi connectivity index (χ1) is 13.5. The van der Waals surface area contributed by atoms with Crippen molar-refractivity contribution in [2.75, 3.05) is 6.54 Å². The number of aromatic nitrogens is 4. The molecule has 0 bridgehead atoms. The van der Waals surface area contributed by atoms with Crippen LogP contribution in [-0.2, 0) is 22.3 Å². The minimum atomic E-state index is -3.49. The Labute approximate surface area is 162 Å². The SMILES string of the molecule is O=c1n(CCNS(=O)(=O)Cc2ccccc2)nc(-c2cccnc2)n1C1CC1. The molecular weight excluding hydrogens is 378 g/mol. The topological polar surface area (TPSA) is 98.9 Å². The Bertz CT molecular complexity index is 1100. The van der Waals surface area contributed by atoms with Crippen molar-refractivity contribution in [1.82, 2.24) is 24.1 Å². The summed E-state index contributed by atoms with van der Waals surface area (Å²) in [6, 6.07) is 12.8. The van der Waals surface area contributed by atoms with E-state index in [4.69, 9.17) is 0 Å². The Morgan fingerprint density at radius 3 is 2.57 bits per heavy atom. The lowest BCUT2D eigenvalue weighted by atomic mass is 10.2. The minimum Gasteiger partial charge on any atom is -0.272 e. The highest BCUT2D eigenvalue weighted by Crippen LogP contribution is 2.36. The number of nitrogens with zero attached hydrogens (tertiary/aromatic N) is 4. The van der Waals surface area contributed by atoms with E-state index in [9.17, 15) is 13.2 Å². The summed E-state index contributed by atoms with van der Waals surface area (Å²) in [5.41, 5.74) is 1.27. The fourth-order valence-electron chi connectivity index (χ4n) is 3.07. The summed E-state index contributed by atoms with van der Waals surface area (Å²) in [6.45, 7) is 0.267. The first kappa shape index (κ1) is 18.6. The van der Waals surface area contributed by atoms with Crippen LogP contribution in [-0.4, -0.2) is 34.3 Å². The van der Waals surface area contributed by atoms with Gasteiger partial charge in [0.25, 0.3) is 0 Å². The molecule has 4 rings (SSSR count). The molecule has 1 aromatic carbocycles. The summed E-state index contributed by atoms with van der Waals surface area (Å²) in [5, 5.41) is 4.44. The third kappa shape index (κ3) is 4.20. The third-order valence-electron chi connectivity index (χ3n) is 4.55. The number of sulfonamides is 1. The molecule has 146 valence electrons. The van der Waals surface area contributed by atoms with Gasteiger partial charge in [-0.1, -0.05) is 30.3 Å². The Hall–Kier alpha value is -2.78. The maximum Gasteiger partial charge on any atom is 0.346 e. The maximum atomic E-state index is 12.8. The van der Waals surface area contributed by atoms with Gasteiger partial charge in [0.2, 0.25) is 10.0 Å². The van der Waals surface area contributed by atoms with Gasteiger partial charge in [-0.2, -0.15) is 0 Å². The van der Waals surface area contributed by atoms with Gasteiger partial charge in [0.05, 0.1) is 12.3 Å². The third-order valence-corrected chi connectivity index (χ3v) is 5.90. The van der Waals surface area contributed by atoms with Gasteiger partial charge in [-0.3, -0.25) is 9.55 Å². The second-order valence-corrected chi connectivity index (χ2v) is 8.62. The van der Waals surface area contributed by atoms with Gasteiger partial charge in [0, 0.05) is 30.5 Å². The molecule has 9 heteroatoms. The minimum absolute atomic E-state index is 0.0970. The van der Waals surface area contributed by atoms with Crippen molar-refractivity contribution in [3.8, 4) is 11.4 Å². The number of pyridine rings is 1. The summed E-state index contributed by atoms with van der Waals surface area (Å²) in [7, 11) is -3.49. The predicted octanol–water partition coefficient (Wildman–Crippen LogP) is 1.56. The van der Waals surface area contributed by atoms with Gasteiger partial charge >= 0.3 is 5.69 Å². The van der Waals surface area contributed by atoms with E-state index in [0.717, 1.165) is 18.4 Å². The van der Waals surface area contributed by atoms with E-state index >= 15 is 0 Å². The zero-order chi connectivity index (χ0) is 19.6. The highest BCUT2D eigenvalue weighted by atomic mass is 32.2. The van der Waals surface area contributed by atoms with E-state index in [0.29, 0.717) is 11.4 Å². The molecule has 1 fully saturated rings. The van der Waals surface area contributed by atoms with E-state index in [1.165, 1.54) is 4.68 Å². The van der Waals surface area contributed by atoms with Crippen LogP contribution in [0.2, 0.25) is 0 Å². The van der Waals surface area contributed by atoms with Crippen molar-refractivity contribution in [3.05, 3.63) is 70.9 Å². The van der Waals surface area contributed by atoms with Crippen LogP contribution in [0.4, 0.5) is 0 Å². The van der Waals surface area contributed by atoms with Crippen LogP contribution >= 0.6 is 0 Å². The number of rotatable bonds is 8. The molecule has 0 aliphatic heterocycles. The van der Waals surface area contributed by atoms with Gasteiger partial charge < -0.3 is 0 Å². The second-order valence-electron chi connectivity index (χ2n) is 6.81. The van der Waals surface area contributed by atoms with Crippen LogP contribution in [0.5, 0.6) is 0 Å². The highest BCUT2D eigenvalue weighted by molar-refractivity contribution is 7.88. The van der Waals surface area contributed by atoms with Gasteiger partial charge in [-0.25, -0.2) is 22.6 Å². The summed E-state index contributed by atoms with van der Waals surface area (Å²) < 4.78 is 30.1. The molecule has 0 radical (unpaired) electrons. The average Bonchev–Trinajstić information content (AvgIpc) is 3.47. The maximum absolute atomic E-state index is 12.8. The zero-order valence-electron chi connectivity index (χ0n) is 15.2. The second kappa shape index (κ2) is 7.69. The Kier molecular flexibility index (Phi) is 5.10. The van der Waals surface area contributed by atoms with E-state index in [2.05, 4.69) is 14.8 Å². The highest BCUT2D eigenvalue weighted by Gasteiger charge is 2.30. The Morgan fingerprint density at radius 1 is 1.11 bits per heavy atom. The number of nitrogens with one attached hydrogen (secondary N) is 1. The molecule has 28 heavy (non-hydrogen) atoms. The fourth-order valence-corrected chi connectivity index (χ4v) is 4.21. The molecule has 0 unspecified atom stereocenters. The van der Waals surface area contributed by atoms with Gasteiger partial charge in [-0.05, 0) is 30.5 Å². The Balaban J connectivity index is 1.47. The summed E-state index contributed by atoms with van der Waals surface area (Å²) in [5.74, 6) is 0.480. The lowest BCUT2D eigenvalue weighted by molar-refractivity contribution is 0.546. The van der Waals surface area contributed by atoms with Crippen molar-refractivity contribution in [3.63, 3.8) is 0 Å². The molecular formula is C19H21N5O3S. The molecule has 0 spiro atoms. The van der Waals surface area contributed by atoms with Crippen LogP contribution in [0, 0.1) is 0 Å². The van der Waals surface area contributed by atoms with Crippen LogP contribution in [0.3, 0.4) is 0 Å². The monoisotopic (exact) mass is 399 g/mol. The molecule has 2 heterocycles. The smallest absolute Gasteiger partial charge is 0.272 e. The fraction of sp³-hybridized carbons (Fsp3) is 0.316. The number of hydrogen-bond donors (Lipinski definition) is 1. The van der Waals surface area contributed by atoms with Crippen molar-refractivity contribution >= 4 is 10.0 Å². The number of benzene rings is 1. The lowest BCUT2D eigenvalue weighted by Gasteiger charge is -2.06. The molecule has 1 aliphatic carbocycles. The predicted molar refractivity (Wildman–Crippen MR) is 105 cm³/mol. The van der Waals surface area contributed by atoms with Crippen LogP contribution < -0.4 is 10.4 Å². The molecule has 2 aromatic heterocycles. The average molecular weight is 399 g/mol. The van der Waals surface area contributed by atoms with Crippen molar-refractivity contribution in [1.29, 1.82) is 0 Å². The van der Waals surface area contributed by atoms with Crippen molar-refractivity contribution < 1.29 is 8.42 Å². The molecule has 0 saturated heterocycles. The quantitative estimate of drug-likeness (QED) is 0.620. The first-order valence-corrected chi connectivity index (χ1v) is 10.8. The zero-order valence-corrected chi connectivity index (χ0v) is 16.0. The standard InChI is InChI=1S/C19H21N5O3S/c25-19-23(12-11-21-28(26,27)14-15-5-2-1-3-6-15)22-18(24(19)17-8-9-17)16-7-4-10-20-13-16/h1-7,10,13,17,21H,8-9,11-12,14H2. The van der Waals surface area contributed by atoms with Crippen LogP contribution in [0.25, 0.3) is 11.4 Å². The summed E-state index contributed by atoms with van der Waals surface area (Å²) in [4.78, 5) is 16.9. The number of hydrogen-bond acceptors (Lipinski definition) is 5. The molecule has 8 nitrogen and oxygen atoms in total. The van der Waals surface area contributed by atoms with E-state index in [-0.39, 0.29) is 30.6 Å². The van der Waals surface area contributed by atoms with E-state index < -0.39 is 10.0 Å². The van der Waals surface area contributed by atoms with Gasteiger partial charge in [0.1, 0.15) is 0 Å². The van der Waals surface area contributed by atoms with Crippen molar-refractivity contribution in [2.45, 2.75) is 31.2 Å². The van der Waals surface area contributed by atoms with E-state index in [1.807, 2.05) is 12.1 Å². The molecule has 3 aromatic rings. The van der Waals surface area contributed by atoms with Gasteiger partial charge in [0.15, 0.2) is 5.82 Å².